The third kappa shape index (κ3) is 2.18. The lowest BCUT2D eigenvalue weighted by molar-refractivity contribution is 1.35. The van der Waals surface area contributed by atoms with Crippen molar-refractivity contribution in [3.63, 3.8) is 0 Å². The average molecular weight is 305 g/mol. The van der Waals surface area contributed by atoms with Crippen LogP contribution in [0.1, 0.15) is 0 Å². The van der Waals surface area contributed by atoms with Gasteiger partial charge in [0.25, 0.3) is 0 Å². The van der Waals surface area contributed by atoms with Gasteiger partial charge < -0.3 is 5.32 Å². The van der Waals surface area contributed by atoms with Crippen LogP contribution in [0.15, 0.2) is 52.4 Å². The molecule has 17 heavy (non-hydrogen) atoms. The minimum Gasteiger partial charge on any atom is -0.331 e. The van der Waals surface area contributed by atoms with Crippen molar-refractivity contribution in [3.8, 4) is 0 Å². The number of thiazole rings is 1. The van der Waals surface area contributed by atoms with Crippen molar-refractivity contribution in [2.24, 2.45) is 0 Å². The van der Waals surface area contributed by atoms with E-state index in [2.05, 4.69) is 50.5 Å². The van der Waals surface area contributed by atoms with Crippen LogP contribution in [-0.4, -0.2) is 4.98 Å². The molecule has 0 amide bonds. The molecule has 2 nitrogen and oxygen atoms in total. The molecule has 2 aromatic carbocycles. The van der Waals surface area contributed by atoms with Crippen LogP contribution >= 0.6 is 27.3 Å². The molecule has 0 radical (unpaired) electrons. The normalized spacial score (nSPS) is 10.6. The lowest BCUT2D eigenvalue weighted by atomic mass is 10.1. The highest BCUT2D eigenvalue weighted by Gasteiger charge is 2.03. The molecule has 1 heterocycles. The van der Waals surface area contributed by atoms with Crippen LogP contribution in [0.3, 0.4) is 0 Å². The molecule has 0 saturated carbocycles. The van der Waals surface area contributed by atoms with Gasteiger partial charge in [-0.05, 0) is 27.4 Å². The molecule has 0 aliphatic rings. The SMILES string of the molecule is Brc1csc(Nc2cccc3ccccc23)n1. The summed E-state index contributed by atoms with van der Waals surface area (Å²) in [6.45, 7) is 0. The van der Waals surface area contributed by atoms with Crippen LogP contribution in [-0.2, 0) is 0 Å². The fourth-order valence-corrected chi connectivity index (χ4v) is 2.92. The summed E-state index contributed by atoms with van der Waals surface area (Å²) in [5.41, 5.74) is 1.09. The van der Waals surface area contributed by atoms with Crippen LogP contribution in [0.4, 0.5) is 10.8 Å². The van der Waals surface area contributed by atoms with Crippen molar-refractivity contribution in [1.29, 1.82) is 0 Å². The summed E-state index contributed by atoms with van der Waals surface area (Å²) >= 11 is 4.94. The number of nitrogens with one attached hydrogen (secondary N) is 1. The second-order valence-electron chi connectivity index (χ2n) is 3.63. The van der Waals surface area contributed by atoms with Crippen LogP contribution in [0, 0.1) is 0 Å². The number of nitrogens with zero attached hydrogens (tertiary/aromatic N) is 1. The van der Waals surface area contributed by atoms with Crippen LogP contribution < -0.4 is 5.32 Å². The number of fused-ring (bicyclic) bond motifs is 1. The molecule has 0 atom stereocenters. The molecule has 1 N–H and O–H groups in total. The van der Waals surface area contributed by atoms with Gasteiger partial charge in [-0.2, -0.15) is 0 Å². The van der Waals surface area contributed by atoms with E-state index in [0.717, 1.165) is 15.4 Å². The molecule has 0 bridgehead atoms. The maximum Gasteiger partial charge on any atom is 0.188 e. The molecule has 0 aliphatic heterocycles. The molecule has 0 fully saturated rings. The molecule has 0 unspecified atom stereocenters. The molecular formula is C13H9BrN2S. The van der Waals surface area contributed by atoms with Gasteiger partial charge in [-0.1, -0.05) is 36.4 Å². The summed E-state index contributed by atoms with van der Waals surface area (Å²) in [7, 11) is 0. The first-order valence-corrected chi connectivity index (χ1v) is 6.86. The lowest BCUT2D eigenvalue weighted by Gasteiger charge is -2.06. The number of benzene rings is 2. The monoisotopic (exact) mass is 304 g/mol. The van der Waals surface area contributed by atoms with Gasteiger partial charge in [0.1, 0.15) is 4.60 Å². The van der Waals surface area contributed by atoms with Crippen molar-refractivity contribution in [2.75, 3.05) is 5.32 Å². The Labute approximate surface area is 111 Å². The van der Waals surface area contributed by atoms with E-state index >= 15 is 0 Å². The predicted molar refractivity (Wildman–Crippen MR) is 77.0 cm³/mol. The fraction of sp³-hybridized carbons (Fsp3) is 0. The maximum absolute atomic E-state index is 4.34. The van der Waals surface area contributed by atoms with Crippen molar-refractivity contribution in [2.45, 2.75) is 0 Å². The van der Waals surface area contributed by atoms with Crippen molar-refractivity contribution < 1.29 is 0 Å². The minimum absolute atomic E-state index is 0.866. The van der Waals surface area contributed by atoms with Crippen LogP contribution in [0.25, 0.3) is 10.8 Å². The molecule has 0 aliphatic carbocycles. The summed E-state index contributed by atoms with van der Waals surface area (Å²) in [6, 6.07) is 14.5. The van der Waals surface area contributed by atoms with Crippen molar-refractivity contribution in [3.05, 3.63) is 52.4 Å². The first-order chi connectivity index (χ1) is 8.33. The van der Waals surface area contributed by atoms with Gasteiger partial charge in [-0.25, -0.2) is 4.98 Å². The predicted octanol–water partition coefficient (Wildman–Crippen LogP) is 4.80. The Bertz CT molecular complexity index is 658. The fourth-order valence-electron chi connectivity index (χ4n) is 1.76. The van der Waals surface area contributed by atoms with E-state index in [1.165, 1.54) is 10.8 Å². The van der Waals surface area contributed by atoms with E-state index in [0.29, 0.717) is 0 Å². The highest BCUT2D eigenvalue weighted by Crippen LogP contribution is 2.28. The van der Waals surface area contributed by atoms with Crippen LogP contribution in [0.2, 0.25) is 0 Å². The maximum atomic E-state index is 4.34. The lowest BCUT2D eigenvalue weighted by Crippen LogP contribution is -1.90. The highest BCUT2D eigenvalue weighted by molar-refractivity contribution is 9.10. The van der Waals surface area contributed by atoms with Crippen molar-refractivity contribution in [1.82, 2.24) is 4.98 Å². The summed E-state index contributed by atoms with van der Waals surface area (Å²) < 4.78 is 0.866. The third-order valence-corrected chi connectivity index (χ3v) is 3.97. The van der Waals surface area contributed by atoms with E-state index < -0.39 is 0 Å². The number of anilines is 2. The molecule has 0 spiro atoms. The van der Waals surface area contributed by atoms with E-state index in [4.69, 9.17) is 0 Å². The Morgan fingerprint density at radius 3 is 2.71 bits per heavy atom. The van der Waals surface area contributed by atoms with E-state index in [9.17, 15) is 0 Å². The van der Waals surface area contributed by atoms with Crippen LogP contribution in [0.5, 0.6) is 0 Å². The highest BCUT2D eigenvalue weighted by atomic mass is 79.9. The standard InChI is InChI=1S/C13H9BrN2S/c14-12-8-17-13(16-12)15-11-7-3-5-9-4-1-2-6-10(9)11/h1-8H,(H,15,16). The molecule has 1 aromatic heterocycles. The zero-order chi connectivity index (χ0) is 11.7. The molecule has 4 heteroatoms. The summed E-state index contributed by atoms with van der Waals surface area (Å²) in [5.74, 6) is 0. The Hall–Kier alpha value is -1.39. The van der Waals surface area contributed by atoms with E-state index in [1.807, 2.05) is 23.6 Å². The number of rotatable bonds is 2. The Morgan fingerprint density at radius 2 is 1.88 bits per heavy atom. The van der Waals surface area contributed by atoms with E-state index in [1.54, 1.807) is 11.3 Å². The van der Waals surface area contributed by atoms with Gasteiger partial charge in [0.2, 0.25) is 0 Å². The Morgan fingerprint density at radius 1 is 1.06 bits per heavy atom. The summed E-state index contributed by atoms with van der Waals surface area (Å²) in [4.78, 5) is 4.34. The topological polar surface area (TPSA) is 24.9 Å². The van der Waals surface area contributed by atoms with Gasteiger partial charge >= 0.3 is 0 Å². The number of hydrogen-bond acceptors (Lipinski definition) is 3. The van der Waals surface area contributed by atoms with Gasteiger partial charge in [-0.15, -0.1) is 11.3 Å². The molecular weight excluding hydrogens is 296 g/mol. The van der Waals surface area contributed by atoms with Gasteiger partial charge in [-0.3, -0.25) is 0 Å². The number of halogens is 1. The first kappa shape index (κ1) is 10.7. The quantitative estimate of drug-likeness (QED) is 0.735. The van der Waals surface area contributed by atoms with Crippen molar-refractivity contribution >= 4 is 48.9 Å². The molecule has 84 valence electrons. The smallest absolute Gasteiger partial charge is 0.188 e. The second-order valence-corrected chi connectivity index (χ2v) is 5.30. The Balaban J connectivity index is 2.05. The molecule has 3 aromatic rings. The number of hydrogen-bond donors (Lipinski definition) is 1. The van der Waals surface area contributed by atoms with Gasteiger partial charge in [0.05, 0.1) is 0 Å². The zero-order valence-corrected chi connectivity index (χ0v) is 11.3. The first-order valence-electron chi connectivity index (χ1n) is 5.19. The van der Waals surface area contributed by atoms with Gasteiger partial charge in [0.15, 0.2) is 5.13 Å². The minimum atomic E-state index is 0.866. The third-order valence-electron chi connectivity index (χ3n) is 2.51. The zero-order valence-electron chi connectivity index (χ0n) is 8.85. The van der Waals surface area contributed by atoms with Gasteiger partial charge in [0, 0.05) is 16.5 Å². The van der Waals surface area contributed by atoms with E-state index in [-0.39, 0.29) is 0 Å². The Kier molecular flexibility index (Phi) is 2.82. The summed E-state index contributed by atoms with van der Waals surface area (Å²) in [5, 5.41) is 8.65. The summed E-state index contributed by atoms with van der Waals surface area (Å²) in [6.07, 6.45) is 0. The second kappa shape index (κ2) is 4.47. The molecule has 0 saturated heterocycles. The average Bonchev–Trinajstić information content (AvgIpc) is 2.75. The molecule has 3 rings (SSSR count). The number of aromatic nitrogens is 1. The largest absolute Gasteiger partial charge is 0.331 e.